The van der Waals surface area contributed by atoms with Gasteiger partial charge in [0.2, 0.25) is 5.78 Å². The second kappa shape index (κ2) is 9.76. The summed E-state index contributed by atoms with van der Waals surface area (Å²) in [6.07, 6.45) is 14.2. The van der Waals surface area contributed by atoms with E-state index >= 15 is 0 Å². The van der Waals surface area contributed by atoms with Crippen molar-refractivity contribution < 1.29 is 14.3 Å². The fraction of sp³-hybridized carbons (Fsp3) is 0.444. The van der Waals surface area contributed by atoms with Gasteiger partial charge in [0.1, 0.15) is 17.0 Å². The smallest absolute Gasteiger partial charge is 0.270 e. The number of fused-ring (bicyclic) bond motifs is 1. The van der Waals surface area contributed by atoms with Crippen LogP contribution in [-0.4, -0.2) is 35.9 Å². The molecule has 2 N–H and O–H groups in total. The number of nitrogens with zero attached hydrogens (tertiary/aromatic N) is 1. The molecule has 1 aliphatic carbocycles. The van der Waals surface area contributed by atoms with Crippen molar-refractivity contribution in [2.45, 2.75) is 69.5 Å². The van der Waals surface area contributed by atoms with Crippen molar-refractivity contribution in [3.05, 3.63) is 58.9 Å². The molecule has 1 aliphatic heterocycles. The minimum absolute atomic E-state index is 0.0726. The molecule has 0 unspecified atom stereocenters. The molecule has 33 heavy (non-hydrogen) atoms. The van der Waals surface area contributed by atoms with Crippen LogP contribution in [0.2, 0.25) is 0 Å². The number of unbranched alkanes of at least 4 members (excludes halogenated alkanes) is 1. The van der Waals surface area contributed by atoms with Crippen LogP contribution in [0.4, 0.5) is 0 Å². The van der Waals surface area contributed by atoms with Gasteiger partial charge in [-0.15, -0.1) is 6.42 Å². The van der Waals surface area contributed by atoms with Crippen molar-refractivity contribution >= 4 is 11.7 Å². The van der Waals surface area contributed by atoms with E-state index < -0.39 is 5.54 Å². The lowest BCUT2D eigenvalue weighted by atomic mass is 9.72. The topological polar surface area (TPSA) is 80.3 Å². The number of benzene rings is 1. The second-order valence-corrected chi connectivity index (χ2v) is 8.97. The maximum absolute atomic E-state index is 13.4. The molecule has 0 radical (unpaired) electrons. The van der Waals surface area contributed by atoms with Crippen LogP contribution < -0.4 is 15.4 Å². The second-order valence-electron chi connectivity index (χ2n) is 8.97. The molecule has 1 aromatic heterocycles. The van der Waals surface area contributed by atoms with E-state index in [-0.39, 0.29) is 23.8 Å². The Balaban J connectivity index is 1.76. The molecule has 2 aliphatic rings. The molecule has 0 bridgehead atoms. The third kappa shape index (κ3) is 4.38. The van der Waals surface area contributed by atoms with E-state index in [2.05, 4.69) is 28.5 Å². The quantitative estimate of drug-likeness (QED) is 0.480. The Bertz CT molecular complexity index is 1070. The fourth-order valence-electron chi connectivity index (χ4n) is 4.78. The van der Waals surface area contributed by atoms with Gasteiger partial charge in [0.25, 0.3) is 5.91 Å². The van der Waals surface area contributed by atoms with Gasteiger partial charge >= 0.3 is 0 Å². The van der Waals surface area contributed by atoms with Crippen LogP contribution in [0.1, 0.15) is 72.6 Å². The first kappa shape index (κ1) is 23.0. The van der Waals surface area contributed by atoms with E-state index in [0.29, 0.717) is 11.3 Å². The summed E-state index contributed by atoms with van der Waals surface area (Å²) in [7, 11) is 1.63. The maximum atomic E-state index is 13.4. The Morgan fingerprint density at radius 3 is 2.73 bits per heavy atom. The molecule has 1 saturated carbocycles. The Morgan fingerprint density at radius 2 is 2.12 bits per heavy atom. The van der Waals surface area contributed by atoms with Crippen molar-refractivity contribution in [1.82, 2.24) is 15.6 Å². The highest BCUT2D eigenvalue weighted by molar-refractivity contribution is 6.06. The Kier molecular flexibility index (Phi) is 6.80. The summed E-state index contributed by atoms with van der Waals surface area (Å²) in [5.74, 6) is 2.54. The third-order valence-electron chi connectivity index (χ3n) is 6.85. The third-order valence-corrected chi connectivity index (χ3v) is 6.85. The lowest BCUT2D eigenvalue weighted by Gasteiger charge is -2.42. The number of methoxy groups -OCH3 is 1. The highest BCUT2D eigenvalue weighted by Crippen LogP contribution is 2.39. The average Bonchev–Trinajstić information content (AvgIpc) is 2.83. The normalized spacial score (nSPS) is 21.9. The molecule has 0 saturated heterocycles. The minimum atomic E-state index is -1.22. The maximum Gasteiger partial charge on any atom is 0.270 e. The van der Waals surface area contributed by atoms with Crippen LogP contribution in [-0.2, 0) is 16.8 Å². The number of aromatic nitrogens is 1. The van der Waals surface area contributed by atoms with Gasteiger partial charge in [-0.1, -0.05) is 31.9 Å². The van der Waals surface area contributed by atoms with Crippen LogP contribution in [0.25, 0.3) is 0 Å². The van der Waals surface area contributed by atoms with Gasteiger partial charge in [0.05, 0.1) is 7.11 Å². The van der Waals surface area contributed by atoms with E-state index in [4.69, 9.17) is 11.2 Å². The molecule has 6 nitrogen and oxygen atoms in total. The van der Waals surface area contributed by atoms with Gasteiger partial charge < -0.3 is 10.1 Å². The van der Waals surface area contributed by atoms with Crippen LogP contribution in [0, 0.1) is 12.3 Å². The van der Waals surface area contributed by atoms with Crippen molar-refractivity contribution in [2.75, 3.05) is 7.11 Å². The molecular weight excluding hydrogens is 414 g/mol. The van der Waals surface area contributed by atoms with Gasteiger partial charge in [-0.2, -0.15) is 0 Å². The number of amides is 1. The van der Waals surface area contributed by atoms with E-state index in [1.807, 2.05) is 18.2 Å². The molecule has 2 atom stereocenters. The minimum Gasteiger partial charge on any atom is -0.497 e. The van der Waals surface area contributed by atoms with Gasteiger partial charge in [0.15, 0.2) is 0 Å². The number of pyridine rings is 1. The van der Waals surface area contributed by atoms with E-state index in [9.17, 15) is 9.59 Å². The molecule has 0 spiro atoms. The number of carbonyl (C=O) groups excluding carboxylic acids is 2. The van der Waals surface area contributed by atoms with Gasteiger partial charge in [-0.3, -0.25) is 19.9 Å². The number of nitrogens with one attached hydrogen (secondary N) is 2. The summed E-state index contributed by atoms with van der Waals surface area (Å²) in [6, 6.07) is 9.51. The summed E-state index contributed by atoms with van der Waals surface area (Å²) >= 11 is 0. The SMILES string of the molecule is C#CC(=O)[C@@]1(c2ccc(C(=O)NC3CCC3)nc2)N[C@@H](CCCC)Cc2cc(OC)ccc21. The van der Waals surface area contributed by atoms with Crippen molar-refractivity contribution in [3.63, 3.8) is 0 Å². The molecule has 1 amide bonds. The van der Waals surface area contributed by atoms with E-state index in [0.717, 1.165) is 61.8 Å². The standard InChI is InChI=1S/C27H31N3O3/c1-4-6-8-21-15-18-16-22(33-3)12-13-23(18)27(30-21,25(31)5-2)19-11-14-24(28-17-19)26(32)29-20-9-7-10-20/h2,11-14,16-17,20-21,30H,4,6-10,15H2,1,3H3,(H,29,32)/t21-,27-/m0/s1. The number of ketones is 1. The van der Waals surface area contributed by atoms with Gasteiger partial charge in [-0.05, 0) is 67.4 Å². The number of terminal acetylenes is 1. The zero-order valence-corrected chi connectivity index (χ0v) is 19.3. The monoisotopic (exact) mass is 445 g/mol. The summed E-state index contributed by atoms with van der Waals surface area (Å²) in [5.41, 5.74) is 1.60. The van der Waals surface area contributed by atoms with Gasteiger partial charge in [0, 0.05) is 23.8 Å². The summed E-state index contributed by atoms with van der Waals surface area (Å²) in [4.78, 5) is 30.4. The number of Topliss-reactive ketones (excluding diaryl/α,β-unsaturated/α-hetero) is 1. The Hall–Kier alpha value is -3.17. The highest BCUT2D eigenvalue weighted by Gasteiger charge is 2.47. The molecule has 2 aromatic rings. The first-order valence-electron chi connectivity index (χ1n) is 11.7. The summed E-state index contributed by atoms with van der Waals surface area (Å²) in [5, 5.41) is 6.59. The number of ether oxygens (including phenoxy) is 1. The molecule has 4 rings (SSSR count). The number of hydrogen-bond acceptors (Lipinski definition) is 5. The molecule has 2 heterocycles. The Morgan fingerprint density at radius 1 is 1.30 bits per heavy atom. The molecule has 1 fully saturated rings. The molecular formula is C27H31N3O3. The lowest BCUT2D eigenvalue weighted by molar-refractivity contribution is -0.119. The zero-order chi connectivity index (χ0) is 23.4. The van der Waals surface area contributed by atoms with E-state index in [1.165, 1.54) is 0 Å². The van der Waals surface area contributed by atoms with Gasteiger partial charge in [-0.25, -0.2) is 0 Å². The molecule has 172 valence electrons. The van der Waals surface area contributed by atoms with Crippen molar-refractivity contribution in [1.29, 1.82) is 0 Å². The van der Waals surface area contributed by atoms with Crippen molar-refractivity contribution in [3.8, 4) is 18.1 Å². The van der Waals surface area contributed by atoms with Crippen molar-refractivity contribution in [2.24, 2.45) is 0 Å². The molecule has 6 heteroatoms. The first-order valence-corrected chi connectivity index (χ1v) is 11.7. The fourth-order valence-corrected chi connectivity index (χ4v) is 4.78. The predicted molar refractivity (Wildman–Crippen MR) is 127 cm³/mol. The summed E-state index contributed by atoms with van der Waals surface area (Å²) < 4.78 is 5.44. The Labute approximate surface area is 195 Å². The number of carbonyl (C=O) groups is 2. The first-order chi connectivity index (χ1) is 16.0. The largest absolute Gasteiger partial charge is 0.497 e. The van der Waals surface area contributed by atoms with Crippen LogP contribution in [0.15, 0.2) is 36.5 Å². The van der Waals surface area contributed by atoms with Crippen LogP contribution >= 0.6 is 0 Å². The number of rotatable bonds is 8. The summed E-state index contributed by atoms with van der Waals surface area (Å²) in [6.45, 7) is 2.15. The number of hydrogen-bond donors (Lipinski definition) is 2. The highest BCUT2D eigenvalue weighted by atomic mass is 16.5. The average molecular weight is 446 g/mol. The zero-order valence-electron chi connectivity index (χ0n) is 19.3. The van der Waals surface area contributed by atoms with Crippen LogP contribution in [0.5, 0.6) is 5.75 Å². The van der Waals surface area contributed by atoms with E-state index in [1.54, 1.807) is 25.4 Å². The van der Waals surface area contributed by atoms with Crippen LogP contribution in [0.3, 0.4) is 0 Å². The lowest BCUT2D eigenvalue weighted by Crippen LogP contribution is -2.57. The molecule has 1 aromatic carbocycles. The predicted octanol–water partition coefficient (Wildman–Crippen LogP) is 3.52.